The predicted molar refractivity (Wildman–Crippen MR) is 100 cm³/mol. The van der Waals surface area contributed by atoms with Gasteiger partial charge in [-0.3, -0.25) is 15.2 Å². The van der Waals surface area contributed by atoms with Crippen molar-refractivity contribution in [2.24, 2.45) is 0 Å². The Hall–Kier alpha value is -3.07. The number of hydrogen-bond acceptors (Lipinski definition) is 2. The predicted octanol–water partition coefficient (Wildman–Crippen LogP) is 4.53. The van der Waals surface area contributed by atoms with Crippen LogP contribution in [0.4, 0.5) is 5.69 Å². The molecule has 0 saturated carbocycles. The van der Waals surface area contributed by atoms with Gasteiger partial charge in [-0.05, 0) is 42.2 Å². The van der Waals surface area contributed by atoms with E-state index >= 15 is 0 Å². The molecule has 0 spiro atoms. The fourth-order valence-electron chi connectivity index (χ4n) is 3.45. The first-order valence-electron chi connectivity index (χ1n) is 8.61. The molecular formula is C22H20N2O. The van der Waals surface area contributed by atoms with Crippen LogP contribution in [0.2, 0.25) is 0 Å². The van der Waals surface area contributed by atoms with E-state index in [1.807, 2.05) is 71.7 Å². The average Bonchev–Trinajstić information content (AvgIpc) is 2.67. The third kappa shape index (κ3) is 3.13. The fraction of sp³-hybridized carbons (Fsp3) is 0.136. The first-order chi connectivity index (χ1) is 12.3. The first-order valence-corrected chi connectivity index (χ1v) is 8.61. The lowest BCUT2D eigenvalue weighted by Gasteiger charge is -2.36. The Morgan fingerprint density at radius 1 is 0.800 bits per heavy atom. The number of benzene rings is 3. The normalized spacial score (nSPS) is 17.2. The summed E-state index contributed by atoms with van der Waals surface area (Å²) < 4.78 is 0. The average molecular weight is 328 g/mol. The second-order valence-electron chi connectivity index (χ2n) is 6.27. The number of anilines is 1. The van der Waals surface area contributed by atoms with Crippen molar-refractivity contribution in [2.45, 2.75) is 18.9 Å². The van der Waals surface area contributed by atoms with Crippen LogP contribution in [0.5, 0.6) is 0 Å². The highest BCUT2D eigenvalue weighted by Gasteiger charge is 2.26. The quantitative estimate of drug-likeness (QED) is 0.750. The number of aryl methyl sites for hydroxylation is 1. The summed E-state index contributed by atoms with van der Waals surface area (Å²) in [5, 5.41) is 2.01. The second kappa shape index (κ2) is 6.81. The van der Waals surface area contributed by atoms with Crippen molar-refractivity contribution in [1.29, 1.82) is 0 Å². The number of hydrazine groups is 1. The zero-order chi connectivity index (χ0) is 17.1. The molecular weight excluding hydrogens is 308 g/mol. The Morgan fingerprint density at radius 2 is 1.44 bits per heavy atom. The number of fused-ring (bicyclic) bond motifs is 1. The van der Waals surface area contributed by atoms with Crippen LogP contribution in [0.25, 0.3) is 0 Å². The summed E-state index contributed by atoms with van der Waals surface area (Å²) in [6.07, 6.45) is 1.79. The zero-order valence-electron chi connectivity index (χ0n) is 13.9. The number of nitrogens with one attached hydrogen (secondary N) is 1. The summed E-state index contributed by atoms with van der Waals surface area (Å²) in [5.74, 6) is -0.0555. The van der Waals surface area contributed by atoms with E-state index in [1.54, 1.807) is 0 Å². The van der Waals surface area contributed by atoms with Crippen molar-refractivity contribution in [3.63, 3.8) is 0 Å². The molecule has 1 N–H and O–H groups in total. The number of para-hydroxylation sites is 1. The highest BCUT2D eigenvalue weighted by atomic mass is 16.2. The second-order valence-corrected chi connectivity index (χ2v) is 6.27. The summed E-state index contributed by atoms with van der Waals surface area (Å²) in [4.78, 5) is 12.9. The molecule has 1 heterocycles. The molecule has 0 radical (unpaired) electrons. The summed E-state index contributed by atoms with van der Waals surface area (Å²) in [7, 11) is 0. The van der Waals surface area contributed by atoms with Gasteiger partial charge in [0.1, 0.15) is 0 Å². The van der Waals surface area contributed by atoms with Crippen LogP contribution in [0.15, 0.2) is 84.9 Å². The number of nitrogens with zero attached hydrogens (tertiary/aromatic N) is 1. The molecule has 1 aliphatic rings. The molecule has 0 saturated heterocycles. The lowest BCUT2D eigenvalue weighted by atomic mass is 9.94. The maximum atomic E-state index is 12.9. The molecule has 1 amide bonds. The molecule has 0 aliphatic carbocycles. The van der Waals surface area contributed by atoms with Crippen LogP contribution in [0.3, 0.4) is 0 Å². The first kappa shape index (κ1) is 15.5. The molecule has 25 heavy (non-hydrogen) atoms. The standard InChI is InChI=1S/C22H20N2O/c25-22-20-14-8-7-9-17(20)15-16-21(18-10-3-1-4-11-18)24(23-22)19-12-5-2-6-13-19/h1-14,21H,15-16H2,(H,23,25). The molecule has 3 aromatic carbocycles. The Labute approximate surface area is 147 Å². The molecule has 1 atom stereocenters. The van der Waals surface area contributed by atoms with Gasteiger partial charge >= 0.3 is 0 Å². The lowest BCUT2D eigenvalue weighted by Crippen LogP contribution is -2.46. The number of carbonyl (C=O) groups excluding carboxylic acids is 1. The topological polar surface area (TPSA) is 32.3 Å². The van der Waals surface area contributed by atoms with E-state index in [0.29, 0.717) is 0 Å². The molecule has 0 aromatic heterocycles. The number of carbonyl (C=O) groups is 1. The summed E-state index contributed by atoms with van der Waals surface area (Å²) in [5.41, 5.74) is 7.19. The Kier molecular flexibility index (Phi) is 4.21. The van der Waals surface area contributed by atoms with Crippen LogP contribution in [-0.4, -0.2) is 5.91 Å². The van der Waals surface area contributed by atoms with E-state index < -0.39 is 0 Å². The van der Waals surface area contributed by atoms with Gasteiger partial charge in [0.2, 0.25) is 0 Å². The van der Waals surface area contributed by atoms with Crippen LogP contribution >= 0.6 is 0 Å². The van der Waals surface area contributed by atoms with E-state index in [2.05, 4.69) is 23.6 Å². The van der Waals surface area contributed by atoms with Gasteiger partial charge in [-0.2, -0.15) is 0 Å². The lowest BCUT2D eigenvalue weighted by molar-refractivity contribution is 0.0939. The van der Waals surface area contributed by atoms with Crippen LogP contribution < -0.4 is 10.4 Å². The van der Waals surface area contributed by atoms with Gasteiger partial charge in [-0.15, -0.1) is 0 Å². The third-order valence-corrected chi connectivity index (χ3v) is 4.70. The molecule has 0 fully saturated rings. The minimum Gasteiger partial charge on any atom is -0.278 e. The maximum absolute atomic E-state index is 12.9. The summed E-state index contributed by atoms with van der Waals surface area (Å²) in [6, 6.07) is 28.4. The van der Waals surface area contributed by atoms with E-state index in [-0.39, 0.29) is 11.9 Å². The third-order valence-electron chi connectivity index (χ3n) is 4.70. The Balaban J connectivity index is 1.79. The molecule has 4 rings (SSSR count). The highest BCUT2D eigenvalue weighted by Crippen LogP contribution is 2.31. The van der Waals surface area contributed by atoms with Gasteiger partial charge in [0, 0.05) is 5.56 Å². The van der Waals surface area contributed by atoms with E-state index in [1.165, 1.54) is 5.56 Å². The monoisotopic (exact) mass is 328 g/mol. The van der Waals surface area contributed by atoms with Gasteiger partial charge in [0.25, 0.3) is 5.91 Å². The van der Waals surface area contributed by atoms with Crippen LogP contribution in [0.1, 0.15) is 33.9 Å². The van der Waals surface area contributed by atoms with Gasteiger partial charge in [0.05, 0.1) is 11.7 Å². The largest absolute Gasteiger partial charge is 0.278 e. The van der Waals surface area contributed by atoms with Crippen molar-refractivity contribution >= 4 is 11.6 Å². The molecule has 1 unspecified atom stereocenters. The zero-order valence-corrected chi connectivity index (χ0v) is 13.9. The van der Waals surface area contributed by atoms with Crippen LogP contribution in [-0.2, 0) is 6.42 Å². The Bertz CT molecular complexity index is 861. The van der Waals surface area contributed by atoms with Gasteiger partial charge < -0.3 is 0 Å². The van der Waals surface area contributed by atoms with Crippen molar-refractivity contribution in [2.75, 3.05) is 5.01 Å². The number of hydrogen-bond donors (Lipinski definition) is 1. The fourth-order valence-corrected chi connectivity index (χ4v) is 3.45. The number of amides is 1. The SMILES string of the molecule is O=C1NN(c2ccccc2)C(c2ccccc2)CCc2ccccc21. The van der Waals surface area contributed by atoms with Crippen molar-refractivity contribution in [3.8, 4) is 0 Å². The minimum atomic E-state index is -0.0555. The minimum absolute atomic E-state index is 0.0555. The molecule has 124 valence electrons. The van der Waals surface area contributed by atoms with E-state index in [0.717, 1.165) is 29.7 Å². The van der Waals surface area contributed by atoms with E-state index in [9.17, 15) is 4.79 Å². The molecule has 3 aromatic rings. The van der Waals surface area contributed by atoms with Crippen molar-refractivity contribution < 1.29 is 4.79 Å². The molecule has 0 bridgehead atoms. The van der Waals surface area contributed by atoms with E-state index in [4.69, 9.17) is 0 Å². The molecule has 3 nitrogen and oxygen atoms in total. The number of rotatable bonds is 2. The van der Waals surface area contributed by atoms with Gasteiger partial charge in [-0.25, -0.2) is 0 Å². The van der Waals surface area contributed by atoms with Crippen LogP contribution in [0, 0.1) is 0 Å². The summed E-state index contributed by atoms with van der Waals surface area (Å²) >= 11 is 0. The van der Waals surface area contributed by atoms with Gasteiger partial charge in [0.15, 0.2) is 0 Å². The molecule has 1 aliphatic heterocycles. The van der Waals surface area contributed by atoms with Crippen molar-refractivity contribution in [1.82, 2.24) is 5.43 Å². The smallest absolute Gasteiger partial charge is 0.270 e. The maximum Gasteiger partial charge on any atom is 0.270 e. The summed E-state index contributed by atoms with van der Waals surface area (Å²) in [6.45, 7) is 0. The molecule has 3 heteroatoms. The van der Waals surface area contributed by atoms with Gasteiger partial charge in [-0.1, -0.05) is 66.7 Å². The Morgan fingerprint density at radius 3 is 2.20 bits per heavy atom. The van der Waals surface area contributed by atoms with Crippen molar-refractivity contribution in [3.05, 3.63) is 102 Å². The highest BCUT2D eigenvalue weighted by molar-refractivity contribution is 5.96.